The van der Waals surface area contributed by atoms with Gasteiger partial charge < -0.3 is 15.8 Å². The first-order valence-corrected chi connectivity index (χ1v) is 5.32. The Labute approximate surface area is 85.9 Å². The van der Waals surface area contributed by atoms with Gasteiger partial charge >= 0.3 is 0 Å². The smallest absolute Gasteiger partial charge is 0.188 e. The molecule has 1 rings (SSSR count). The SMILES string of the molecule is CC(C)CN=C(N)NC1CCCOC1. The van der Waals surface area contributed by atoms with Crippen LogP contribution in [0.4, 0.5) is 0 Å². The number of guanidine groups is 1. The van der Waals surface area contributed by atoms with Crippen LogP contribution in [0, 0.1) is 5.92 Å². The predicted molar refractivity (Wildman–Crippen MR) is 58.3 cm³/mol. The molecule has 4 heteroatoms. The molecule has 4 nitrogen and oxygen atoms in total. The van der Waals surface area contributed by atoms with E-state index in [4.69, 9.17) is 10.5 Å². The molecule has 1 aliphatic rings. The summed E-state index contributed by atoms with van der Waals surface area (Å²) in [5, 5.41) is 3.18. The molecule has 1 heterocycles. The quantitative estimate of drug-likeness (QED) is 0.520. The van der Waals surface area contributed by atoms with Crippen LogP contribution in [-0.2, 0) is 4.74 Å². The Morgan fingerprint density at radius 2 is 2.43 bits per heavy atom. The Morgan fingerprint density at radius 1 is 1.64 bits per heavy atom. The maximum absolute atomic E-state index is 5.74. The lowest BCUT2D eigenvalue weighted by molar-refractivity contribution is 0.0763. The number of nitrogens with one attached hydrogen (secondary N) is 1. The Kier molecular flexibility index (Phi) is 4.73. The second kappa shape index (κ2) is 5.86. The molecule has 1 aliphatic heterocycles. The molecule has 0 aliphatic carbocycles. The minimum Gasteiger partial charge on any atom is -0.379 e. The first-order valence-electron chi connectivity index (χ1n) is 5.32. The summed E-state index contributed by atoms with van der Waals surface area (Å²) in [5.41, 5.74) is 5.74. The normalized spacial score (nSPS) is 23.9. The van der Waals surface area contributed by atoms with Crippen molar-refractivity contribution in [2.45, 2.75) is 32.7 Å². The molecule has 0 bridgehead atoms. The number of hydrogen-bond donors (Lipinski definition) is 2. The van der Waals surface area contributed by atoms with E-state index in [1.807, 2.05) is 0 Å². The molecular weight excluding hydrogens is 178 g/mol. The third-order valence-electron chi connectivity index (χ3n) is 2.14. The zero-order valence-corrected chi connectivity index (χ0v) is 9.12. The summed E-state index contributed by atoms with van der Waals surface area (Å²) >= 11 is 0. The minimum absolute atomic E-state index is 0.347. The summed E-state index contributed by atoms with van der Waals surface area (Å²) in [6, 6.07) is 0.347. The van der Waals surface area contributed by atoms with E-state index >= 15 is 0 Å². The minimum atomic E-state index is 0.347. The Bertz CT molecular complexity index is 186. The van der Waals surface area contributed by atoms with Crippen molar-refractivity contribution in [1.29, 1.82) is 0 Å². The van der Waals surface area contributed by atoms with Crippen molar-refractivity contribution in [3.05, 3.63) is 0 Å². The lowest BCUT2D eigenvalue weighted by Crippen LogP contribution is -2.44. The Morgan fingerprint density at radius 3 is 3.00 bits per heavy atom. The van der Waals surface area contributed by atoms with Gasteiger partial charge in [0.15, 0.2) is 5.96 Å². The first kappa shape index (κ1) is 11.3. The van der Waals surface area contributed by atoms with Crippen LogP contribution in [0.25, 0.3) is 0 Å². The van der Waals surface area contributed by atoms with E-state index in [1.165, 1.54) is 0 Å². The van der Waals surface area contributed by atoms with Gasteiger partial charge in [0.25, 0.3) is 0 Å². The predicted octanol–water partition coefficient (Wildman–Crippen LogP) is 0.726. The van der Waals surface area contributed by atoms with E-state index < -0.39 is 0 Å². The van der Waals surface area contributed by atoms with Gasteiger partial charge in [0.1, 0.15) is 0 Å². The number of aliphatic imine (C=N–C) groups is 1. The topological polar surface area (TPSA) is 59.6 Å². The van der Waals surface area contributed by atoms with Crippen molar-refractivity contribution in [3.8, 4) is 0 Å². The molecule has 1 atom stereocenters. The summed E-state index contributed by atoms with van der Waals surface area (Å²) in [7, 11) is 0. The van der Waals surface area contributed by atoms with Crippen LogP contribution >= 0.6 is 0 Å². The number of nitrogens with two attached hydrogens (primary N) is 1. The standard InChI is InChI=1S/C10H21N3O/c1-8(2)6-12-10(11)13-9-4-3-5-14-7-9/h8-9H,3-7H2,1-2H3,(H3,11,12,13). The number of rotatable bonds is 3. The molecular formula is C10H21N3O. The van der Waals surface area contributed by atoms with Crippen molar-refractivity contribution in [3.63, 3.8) is 0 Å². The molecule has 1 fully saturated rings. The summed E-state index contributed by atoms with van der Waals surface area (Å²) in [6.45, 7) is 6.66. The van der Waals surface area contributed by atoms with Crippen molar-refractivity contribution in [2.75, 3.05) is 19.8 Å². The fourth-order valence-corrected chi connectivity index (χ4v) is 1.39. The highest BCUT2D eigenvalue weighted by Gasteiger charge is 2.13. The van der Waals surface area contributed by atoms with E-state index in [9.17, 15) is 0 Å². The van der Waals surface area contributed by atoms with E-state index in [1.54, 1.807) is 0 Å². The summed E-state index contributed by atoms with van der Waals surface area (Å²) in [4.78, 5) is 4.25. The van der Waals surface area contributed by atoms with Gasteiger partial charge in [0.2, 0.25) is 0 Å². The molecule has 0 aromatic rings. The van der Waals surface area contributed by atoms with Crippen molar-refractivity contribution in [2.24, 2.45) is 16.6 Å². The molecule has 1 saturated heterocycles. The van der Waals surface area contributed by atoms with Gasteiger partial charge in [-0.15, -0.1) is 0 Å². The molecule has 14 heavy (non-hydrogen) atoms. The van der Waals surface area contributed by atoms with Crippen LogP contribution in [0.1, 0.15) is 26.7 Å². The molecule has 0 radical (unpaired) electrons. The summed E-state index contributed by atoms with van der Waals surface area (Å²) in [6.07, 6.45) is 2.23. The maximum Gasteiger partial charge on any atom is 0.188 e. The summed E-state index contributed by atoms with van der Waals surface area (Å²) < 4.78 is 5.34. The van der Waals surface area contributed by atoms with Gasteiger partial charge in [-0.2, -0.15) is 0 Å². The highest BCUT2D eigenvalue weighted by Crippen LogP contribution is 2.05. The largest absolute Gasteiger partial charge is 0.379 e. The van der Waals surface area contributed by atoms with Gasteiger partial charge in [0, 0.05) is 13.2 Å². The average molecular weight is 199 g/mol. The van der Waals surface area contributed by atoms with Gasteiger partial charge in [-0.1, -0.05) is 13.8 Å². The van der Waals surface area contributed by atoms with Crippen molar-refractivity contribution in [1.82, 2.24) is 5.32 Å². The first-order chi connectivity index (χ1) is 6.68. The highest BCUT2D eigenvalue weighted by atomic mass is 16.5. The molecule has 0 spiro atoms. The Hall–Kier alpha value is -0.770. The molecule has 82 valence electrons. The average Bonchev–Trinajstić information content (AvgIpc) is 2.16. The number of ether oxygens (including phenoxy) is 1. The van der Waals surface area contributed by atoms with Crippen molar-refractivity contribution >= 4 is 5.96 Å². The van der Waals surface area contributed by atoms with Crippen LogP contribution < -0.4 is 11.1 Å². The molecule has 0 saturated carbocycles. The molecule has 0 amide bonds. The van der Waals surface area contributed by atoms with Gasteiger partial charge in [-0.3, -0.25) is 4.99 Å². The van der Waals surface area contributed by atoms with Gasteiger partial charge in [-0.05, 0) is 18.8 Å². The van der Waals surface area contributed by atoms with Crippen LogP contribution in [0.2, 0.25) is 0 Å². The molecule has 3 N–H and O–H groups in total. The van der Waals surface area contributed by atoms with E-state index in [0.29, 0.717) is 17.9 Å². The van der Waals surface area contributed by atoms with Crippen LogP contribution in [0.15, 0.2) is 4.99 Å². The van der Waals surface area contributed by atoms with Crippen LogP contribution in [0.3, 0.4) is 0 Å². The second-order valence-corrected chi connectivity index (χ2v) is 4.18. The van der Waals surface area contributed by atoms with Crippen LogP contribution in [0.5, 0.6) is 0 Å². The summed E-state index contributed by atoms with van der Waals surface area (Å²) in [5.74, 6) is 1.10. The fraction of sp³-hybridized carbons (Fsp3) is 0.900. The number of hydrogen-bond acceptors (Lipinski definition) is 2. The lowest BCUT2D eigenvalue weighted by atomic mass is 10.1. The third kappa shape index (κ3) is 4.46. The van der Waals surface area contributed by atoms with Gasteiger partial charge in [-0.25, -0.2) is 0 Å². The molecule has 0 aromatic carbocycles. The van der Waals surface area contributed by atoms with Gasteiger partial charge in [0.05, 0.1) is 12.6 Å². The molecule has 0 aromatic heterocycles. The van der Waals surface area contributed by atoms with E-state index in [-0.39, 0.29) is 0 Å². The second-order valence-electron chi connectivity index (χ2n) is 4.18. The monoisotopic (exact) mass is 199 g/mol. The van der Waals surface area contributed by atoms with Crippen molar-refractivity contribution < 1.29 is 4.74 Å². The highest BCUT2D eigenvalue weighted by molar-refractivity contribution is 5.78. The Balaban J connectivity index is 2.24. The zero-order valence-electron chi connectivity index (χ0n) is 9.12. The van der Waals surface area contributed by atoms with E-state index in [2.05, 4.69) is 24.2 Å². The number of nitrogens with zero attached hydrogens (tertiary/aromatic N) is 1. The van der Waals surface area contributed by atoms with E-state index in [0.717, 1.165) is 32.6 Å². The fourth-order valence-electron chi connectivity index (χ4n) is 1.39. The zero-order chi connectivity index (χ0) is 10.4. The molecule has 1 unspecified atom stereocenters. The lowest BCUT2D eigenvalue weighted by Gasteiger charge is -2.23. The maximum atomic E-state index is 5.74. The van der Waals surface area contributed by atoms with Crippen LogP contribution in [-0.4, -0.2) is 31.8 Å². The third-order valence-corrected chi connectivity index (χ3v) is 2.14.